The molecule has 0 aromatic heterocycles. The molecule has 1 fully saturated rings. The number of aliphatic hydroxyl groups excluding tert-OH is 1. The lowest BCUT2D eigenvalue weighted by Gasteiger charge is -2.46. The molecule has 2 heteroatoms. The molecule has 1 saturated heterocycles. The molecule has 19 heavy (non-hydrogen) atoms. The Labute approximate surface area is 117 Å². The van der Waals surface area contributed by atoms with Crippen molar-refractivity contribution in [1.82, 2.24) is 0 Å². The molecule has 1 N–H and O–H groups in total. The summed E-state index contributed by atoms with van der Waals surface area (Å²) in [5.41, 5.74) is 4.43. The molecule has 1 heterocycles. The normalized spacial score (nSPS) is 22.6. The highest BCUT2D eigenvalue weighted by Crippen LogP contribution is 2.40. The molecule has 0 spiro atoms. The van der Waals surface area contributed by atoms with Gasteiger partial charge in [0.2, 0.25) is 0 Å². The number of hydrogen-bond acceptors (Lipinski definition) is 2. The Morgan fingerprint density at radius 3 is 2.42 bits per heavy atom. The van der Waals surface area contributed by atoms with Gasteiger partial charge in [0, 0.05) is 25.4 Å². The first-order valence-electron chi connectivity index (χ1n) is 7.38. The molecule has 1 aromatic rings. The number of para-hydroxylation sites is 1. The van der Waals surface area contributed by atoms with E-state index >= 15 is 0 Å². The van der Waals surface area contributed by atoms with Gasteiger partial charge in [0.15, 0.2) is 0 Å². The first-order valence-corrected chi connectivity index (χ1v) is 7.38. The van der Waals surface area contributed by atoms with E-state index in [1.165, 1.54) is 23.2 Å². The van der Waals surface area contributed by atoms with E-state index in [1.807, 2.05) is 0 Å². The summed E-state index contributed by atoms with van der Waals surface area (Å²) in [4.78, 5) is 2.54. The van der Waals surface area contributed by atoms with Crippen molar-refractivity contribution in [2.75, 3.05) is 24.6 Å². The van der Waals surface area contributed by atoms with Crippen molar-refractivity contribution < 1.29 is 5.11 Å². The second kappa shape index (κ2) is 5.54. The average molecular weight is 261 g/mol. The quantitative estimate of drug-likeness (QED) is 0.899. The smallest absolute Gasteiger partial charge is 0.0433 e. The van der Waals surface area contributed by atoms with Crippen LogP contribution >= 0.6 is 0 Å². The molecule has 0 saturated carbocycles. The molecule has 0 bridgehead atoms. The van der Waals surface area contributed by atoms with Crippen LogP contribution in [0.15, 0.2) is 18.2 Å². The van der Waals surface area contributed by atoms with Crippen LogP contribution in [0.25, 0.3) is 0 Å². The maximum atomic E-state index is 9.21. The third-order valence-electron chi connectivity index (χ3n) is 4.68. The van der Waals surface area contributed by atoms with Gasteiger partial charge in [-0.1, -0.05) is 32.0 Å². The highest BCUT2D eigenvalue weighted by atomic mass is 16.3. The predicted octanol–water partition coefficient (Wildman–Crippen LogP) is 3.54. The van der Waals surface area contributed by atoms with Crippen molar-refractivity contribution in [1.29, 1.82) is 0 Å². The van der Waals surface area contributed by atoms with E-state index in [-0.39, 0.29) is 5.41 Å². The van der Waals surface area contributed by atoms with Crippen LogP contribution in [-0.2, 0) is 0 Å². The lowest BCUT2D eigenvalue weighted by Crippen LogP contribution is -2.46. The zero-order valence-corrected chi connectivity index (χ0v) is 12.7. The molecule has 0 amide bonds. The summed E-state index contributed by atoms with van der Waals surface area (Å²) in [5, 5.41) is 9.21. The van der Waals surface area contributed by atoms with Gasteiger partial charge in [0.1, 0.15) is 0 Å². The highest BCUT2D eigenvalue weighted by Gasteiger charge is 2.35. The van der Waals surface area contributed by atoms with Crippen LogP contribution in [0.1, 0.15) is 37.8 Å². The van der Waals surface area contributed by atoms with E-state index in [2.05, 4.69) is 50.8 Å². The van der Waals surface area contributed by atoms with E-state index in [0.717, 1.165) is 19.5 Å². The molecule has 0 aliphatic carbocycles. The van der Waals surface area contributed by atoms with E-state index in [0.29, 0.717) is 12.5 Å². The van der Waals surface area contributed by atoms with Crippen LogP contribution in [0.5, 0.6) is 0 Å². The topological polar surface area (TPSA) is 23.5 Å². The minimum Gasteiger partial charge on any atom is -0.396 e. The van der Waals surface area contributed by atoms with Crippen molar-refractivity contribution in [3.05, 3.63) is 29.3 Å². The van der Waals surface area contributed by atoms with Crippen LogP contribution in [0.4, 0.5) is 5.69 Å². The number of aliphatic hydroxyl groups is 1. The molecular formula is C17H27NO. The summed E-state index contributed by atoms with van der Waals surface area (Å²) < 4.78 is 0. The molecule has 1 atom stereocenters. The first kappa shape index (κ1) is 14.4. The Hall–Kier alpha value is -1.02. The predicted molar refractivity (Wildman–Crippen MR) is 81.7 cm³/mol. The fourth-order valence-electron chi connectivity index (χ4n) is 3.59. The van der Waals surface area contributed by atoms with Gasteiger partial charge in [-0.05, 0) is 49.1 Å². The lowest BCUT2D eigenvalue weighted by atomic mass is 9.72. The molecular weight excluding hydrogens is 234 g/mol. The van der Waals surface area contributed by atoms with Crippen molar-refractivity contribution in [3.63, 3.8) is 0 Å². The summed E-state index contributed by atoms with van der Waals surface area (Å²) >= 11 is 0. The number of hydrogen-bond donors (Lipinski definition) is 1. The SMILES string of the molecule is Cc1cccc(C)c1N1CCC(CCO)C(C)(C)C1. The van der Waals surface area contributed by atoms with E-state index < -0.39 is 0 Å². The summed E-state index contributed by atoms with van der Waals surface area (Å²) in [6.07, 6.45) is 2.12. The van der Waals surface area contributed by atoms with Gasteiger partial charge in [0.25, 0.3) is 0 Å². The zero-order chi connectivity index (χ0) is 14.0. The van der Waals surface area contributed by atoms with Crippen molar-refractivity contribution >= 4 is 5.69 Å². The minimum atomic E-state index is 0.274. The van der Waals surface area contributed by atoms with Crippen LogP contribution in [0, 0.1) is 25.2 Å². The van der Waals surface area contributed by atoms with E-state index in [4.69, 9.17) is 0 Å². The summed E-state index contributed by atoms with van der Waals surface area (Å²) in [6, 6.07) is 6.54. The largest absolute Gasteiger partial charge is 0.396 e. The third kappa shape index (κ3) is 2.94. The van der Waals surface area contributed by atoms with Crippen LogP contribution < -0.4 is 4.90 Å². The van der Waals surface area contributed by atoms with Crippen molar-refractivity contribution in [2.45, 2.75) is 40.5 Å². The Balaban J connectivity index is 2.21. The van der Waals surface area contributed by atoms with Gasteiger partial charge in [-0.3, -0.25) is 0 Å². The Kier molecular flexibility index (Phi) is 4.19. The van der Waals surface area contributed by atoms with Gasteiger partial charge in [-0.15, -0.1) is 0 Å². The molecule has 1 aliphatic heterocycles. The van der Waals surface area contributed by atoms with Crippen LogP contribution in [-0.4, -0.2) is 24.8 Å². The maximum absolute atomic E-state index is 9.21. The monoisotopic (exact) mass is 261 g/mol. The van der Waals surface area contributed by atoms with Gasteiger partial charge in [-0.25, -0.2) is 0 Å². The fraction of sp³-hybridized carbons (Fsp3) is 0.647. The Bertz CT molecular complexity index is 419. The second-order valence-electron chi connectivity index (χ2n) is 6.65. The fourth-order valence-corrected chi connectivity index (χ4v) is 3.59. The van der Waals surface area contributed by atoms with Crippen molar-refractivity contribution in [3.8, 4) is 0 Å². The van der Waals surface area contributed by atoms with Gasteiger partial charge in [0.05, 0.1) is 0 Å². The lowest BCUT2D eigenvalue weighted by molar-refractivity contribution is 0.134. The number of rotatable bonds is 3. The molecule has 1 aliphatic rings. The third-order valence-corrected chi connectivity index (χ3v) is 4.68. The molecule has 2 nitrogen and oxygen atoms in total. The number of benzene rings is 1. The summed E-state index contributed by atoms with van der Waals surface area (Å²) in [5.74, 6) is 0.637. The molecule has 2 rings (SSSR count). The number of piperidine rings is 1. The second-order valence-corrected chi connectivity index (χ2v) is 6.65. The highest BCUT2D eigenvalue weighted by molar-refractivity contribution is 5.59. The Morgan fingerprint density at radius 1 is 1.26 bits per heavy atom. The molecule has 1 aromatic carbocycles. The zero-order valence-electron chi connectivity index (χ0n) is 12.7. The molecule has 0 radical (unpaired) electrons. The summed E-state index contributed by atoms with van der Waals surface area (Å²) in [7, 11) is 0. The van der Waals surface area contributed by atoms with E-state index in [1.54, 1.807) is 0 Å². The molecule has 106 valence electrons. The maximum Gasteiger partial charge on any atom is 0.0433 e. The number of anilines is 1. The summed E-state index contributed by atoms with van der Waals surface area (Å²) in [6.45, 7) is 11.6. The standard InChI is InChI=1S/C17H27NO/c1-13-6-5-7-14(2)16(13)18-10-8-15(9-11-19)17(3,4)12-18/h5-7,15,19H,8-12H2,1-4H3. The molecule has 1 unspecified atom stereocenters. The average Bonchev–Trinajstić information content (AvgIpc) is 2.32. The first-order chi connectivity index (χ1) is 8.95. The van der Waals surface area contributed by atoms with E-state index in [9.17, 15) is 5.11 Å². The van der Waals surface area contributed by atoms with Crippen molar-refractivity contribution in [2.24, 2.45) is 11.3 Å². The number of nitrogens with zero attached hydrogens (tertiary/aromatic N) is 1. The van der Waals surface area contributed by atoms with Crippen LogP contribution in [0.2, 0.25) is 0 Å². The number of aryl methyl sites for hydroxylation is 2. The Morgan fingerprint density at radius 2 is 1.89 bits per heavy atom. The van der Waals surface area contributed by atoms with Gasteiger partial charge < -0.3 is 10.0 Å². The van der Waals surface area contributed by atoms with Crippen LogP contribution in [0.3, 0.4) is 0 Å². The minimum absolute atomic E-state index is 0.274. The van der Waals surface area contributed by atoms with Gasteiger partial charge in [-0.2, -0.15) is 0 Å². The van der Waals surface area contributed by atoms with Gasteiger partial charge >= 0.3 is 0 Å².